The van der Waals surface area contributed by atoms with E-state index in [2.05, 4.69) is 15.3 Å². The molecule has 4 aromatic rings. The van der Waals surface area contributed by atoms with Gasteiger partial charge in [-0.05, 0) is 47.7 Å². The summed E-state index contributed by atoms with van der Waals surface area (Å²) in [5.74, 6) is -1.94. The monoisotopic (exact) mass is 588 g/mol. The Morgan fingerprint density at radius 2 is 1.83 bits per heavy atom. The Kier molecular flexibility index (Phi) is 9.53. The Morgan fingerprint density at radius 3 is 2.54 bits per heavy atom. The zero-order valence-corrected chi connectivity index (χ0v) is 23.0. The van der Waals surface area contributed by atoms with Crippen LogP contribution in [0.5, 0.6) is 0 Å². The maximum absolute atomic E-state index is 12.8. The standard InChI is InChI=1S/C28H27F3N4O5S/c1-3-40-26(37)19-9-7-17(8-10-19)14-39-15-20-16-41-25-23(20)24(36)33-22(34-25)13-32-12-18-5-4-6-21(11-18)35(2)27(38)28(29,30)31/h4-11,16,32H,3,12-15H2,1-2H3,(H,33,34,36). The largest absolute Gasteiger partial charge is 0.471 e. The van der Waals surface area contributed by atoms with E-state index >= 15 is 0 Å². The number of nitrogens with zero attached hydrogens (tertiary/aromatic N) is 2. The summed E-state index contributed by atoms with van der Waals surface area (Å²) < 4.78 is 49.0. The Hall–Kier alpha value is -4.07. The average Bonchev–Trinajstić information content (AvgIpc) is 3.35. The third kappa shape index (κ3) is 7.57. The number of ether oxygens (including phenoxy) is 2. The van der Waals surface area contributed by atoms with Crippen molar-refractivity contribution in [3.63, 3.8) is 0 Å². The van der Waals surface area contributed by atoms with Gasteiger partial charge in [-0.25, -0.2) is 9.78 Å². The molecule has 0 aliphatic rings. The van der Waals surface area contributed by atoms with Gasteiger partial charge >= 0.3 is 18.1 Å². The highest BCUT2D eigenvalue weighted by atomic mass is 32.1. The first-order valence-electron chi connectivity index (χ1n) is 12.5. The fraction of sp³-hybridized carbons (Fsp3) is 0.286. The molecule has 0 fully saturated rings. The van der Waals surface area contributed by atoms with Crippen molar-refractivity contribution in [3.8, 4) is 0 Å². The van der Waals surface area contributed by atoms with Gasteiger partial charge in [0.1, 0.15) is 10.7 Å². The first-order chi connectivity index (χ1) is 19.6. The van der Waals surface area contributed by atoms with Crippen LogP contribution < -0.4 is 15.8 Å². The van der Waals surface area contributed by atoms with Gasteiger partial charge in [0.2, 0.25) is 0 Å². The van der Waals surface area contributed by atoms with Crippen LogP contribution in [0.4, 0.5) is 18.9 Å². The van der Waals surface area contributed by atoms with Gasteiger partial charge in [0.25, 0.3) is 5.56 Å². The lowest BCUT2D eigenvalue weighted by molar-refractivity contribution is -0.170. The third-order valence-electron chi connectivity index (χ3n) is 6.03. The number of thiophene rings is 1. The zero-order chi connectivity index (χ0) is 29.6. The summed E-state index contributed by atoms with van der Waals surface area (Å²) in [4.78, 5) is 44.5. The van der Waals surface area contributed by atoms with Gasteiger partial charge in [0.15, 0.2) is 0 Å². The van der Waals surface area contributed by atoms with Crippen molar-refractivity contribution < 1.29 is 32.2 Å². The SMILES string of the molecule is CCOC(=O)c1ccc(COCc2csc3nc(CNCc4cccc(N(C)C(=O)C(F)(F)F)c4)[nH]c(=O)c23)cc1. The van der Waals surface area contributed by atoms with Crippen LogP contribution in [0.2, 0.25) is 0 Å². The van der Waals surface area contributed by atoms with Gasteiger partial charge < -0.3 is 24.7 Å². The van der Waals surface area contributed by atoms with Crippen LogP contribution in [0, 0.1) is 0 Å². The number of aromatic nitrogens is 2. The van der Waals surface area contributed by atoms with Crippen molar-refractivity contribution in [2.75, 3.05) is 18.6 Å². The first kappa shape index (κ1) is 29.9. The maximum Gasteiger partial charge on any atom is 0.471 e. The minimum absolute atomic E-state index is 0.113. The van der Waals surface area contributed by atoms with E-state index in [0.29, 0.717) is 44.2 Å². The molecule has 216 valence electrons. The lowest BCUT2D eigenvalue weighted by atomic mass is 10.1. The van der Waals surface area contributed by atoms with E-state index < -0.39 is 12.1 Å². The summed E-state index contributed by atoms with van der Waals surface area (Å²) in [6.45, 7) is 3.01. The number of hydrogen-bond donors (Lipinski definition) is 2. The highest BCUT2D eigenvalue weighted by Crippen LogP contribution is 2.24. The van der Waals surface area contributed by atoms with E-state index in [-0.39, 0.29) is 43.5 Å². The second-order valence-corrected chi connectivity index (χ2v) is 9.86. The highest BCUT2D eigenvalue weighted by molar-refractivity contribution is 7.16. The molecule has 2 N–H and O–H groups in total. The fourth-order valence-corrected chi connectivity index (χ4v) is 4.92. The molecule has 0 spiro atoms. The number of nitrogens with one attached hydrogen (secondary N) is 2. The molecule has 0 saturated carbocycles. The Labute approximate surface area is 236 Å². The van der Waals surface area contributed by atoms with Crippen molar-refractivity contribution >= 4 is 39.1 Å². The van der Waals surface area contributed by atoms with Crippen LogP contribution in [0.15, 0.2) is 58.7 Å². The summed E-state index contributed by atoms with van der Waals surface area (Å²) in [5.41, 5.74) is 2.49. The summed E-state index contributed by atoms with van der Waals surface area (Å²) >= 11 is 1.32. The fourth-order valence-electron chi connectivity index (χ4n) is 3.98. The van der Waals surface area contributed by atoms with Crippen molar-refractivity contribution in [2.24, 2.45) is 0 Å². The smallest absolute Gasteiger partial charge is 0.462 e. The molecule has 2 aromatic heterocycles. The molecular weight excluding hydrogens is 561 g/mol. The van der Waals surface area contributed by atoms with Crippen LogP contribution in [0.25, 0.3) is 10.2 Å². The molecule has 0 aliphatic carbocycles. The summed E-state index contributed by atoms with van der Waals surface area (Å²) in [5, 5.41) is 5.37. The van der Waals surface area contributed by atoms with Crippen LogP contribution in [0.3, 0.4) is 0 Å². The quantitative estimate of drug-likeness (QED) is 0.244. The topological polar surface area (TPSA) is 114 Å². The number of rotatable bonds is 11. The van der Waals surface area contributed by atoms with Crippen molar-refractivity contribution in [2.45, 2.75) is 39.4 Å². The summed E-state index contributed by atoms with van der Waals surface area (Å²) in [6.07, 6.45) is -4.97. The minimum atomic E-state index is -4.97. The van der Waals surface area contributed by atoms with E-state index in [0.717, 1.165) is 12.6 Å². The molecule has 2 aromatic carbocycles. The molecule has 9 nitrogen and oxygen atoms in total. The number of benzene rings is 2. The number of hydrogen-bond acceptors (Lipinski definition) is 8. The molecule has 0 aliphatic heterocycles. The van der Waals surface area contributed by atoms with Crippen LogP contribution in [-0.4, -0.2) is 41.7 Å². The van der Waals surface area contributed by atoms with Gasteiger partial charge in [0.05, 0.1) is 37.3 Å². The number of esters is 1. The first-order valence-corrected chi connectivity index (χ1v) is 13.4. The van der Waals surface area contributed by atoms with Gasteiger partial charge in [-0.2, -0.15) is 13.2 Å². The van der Waals surface area contributed by atoms with Crippen LogP contribution in [0.1, 0.15) is 39.8 Å². The Morgan fingerprint density at radius 1 is 1.07 bits per heavy atom. The number of anilines is 1. The number of H-pyrrole nitrogens is 1. The van der Waals surface area contributed by atoms with E-state index in [1.165, 1.54) is 23.5 Å². The van der Waals surface area contributed by atoms with Crippen molar-refractivity contribution in [1.82, 2.24) is 15.3 Å². The molecule has 0 radical (unpaired) electrons. The average molecular weight is 589 g/mol. The van der Waals surface area contributed by atoms with Crippen molar-refractivity contribution in [1.29, 1.82) is 0 Å². The van der Waals surface area contributed by atoms with Crippen LogP contribution in [-0.2, 0) is 40.6 Å². The lowest BCUT2D eigenvalue weighted by Crippen LogP contribution is -2.38. The molecular formula is C28H27F3N4O5S. The zero-order valence-electron chi connectivity index (χ0n) is 22.2. The Balaban J connectivity index is 1.33. The highest BCUT2D eigenvalue weighted by Gasteiger charge is 2.41. The van der Waals surface area contributed by atoms with E-state index in [4.69, 9.17) is 9.47 Å². The van der Waals surface area contributed by atoms with Crippen LogP contribution >= 0.6 is 11.3 Å². The van der Waals surface area contributed by atoms with E-state index in [1.54, 1.807) is 43.3 Å². The van der Waals surface area contributed by atoms with Gasteiger partial charge in [0, 0.05) is 24.8 Å². The number of amides is 1. The molecule has 0 atom stereocenters. The van der Waals surface area contributed by atoms with Gasteiger partial charge in [-0.3, -0.25) is 9.59 Å². The van der Waals surface area contributed by atoms with E-state index in [9.17, 15) is 27.6 Å². The predicted octanol–water partition coefficient (Wildman–Crippen LogP) is 4.69. The van der Waals surface area contributed by atoms with Crippen molar-refractivity contribution in [3.05, 3.63) is 92.3 Å². The molecule has 41 heavy (non-hydrogen) atoms. The lowest BCUT2D eigenvalue weighted by Gasteiger charge is -2.19. The predicted molar refractivity (Wildman–Crippen MR) is 148 cm³/mol. The third-order valence-corrected chi connectivity index (χ3v) is 6.95. The summed E-state index contributed by atoms with van der Waals surface area (Å²) in [7, 11) is 1.07. The van der Waals surface area contributed by atoms with E-state index in [1.807, 2.05) is 5.38 Å². The molecule has 0 bridgehead atoms. The second kappa shape index (κ2) is 13.1. The summed E-state index contributed by atoms with van der Waals surface area (Å²) in [6, 6.07) is 13.1. The number of alkyl halides is 3. The second-order valence-electron chi connectivity index (χ2n) is 9.00. The number of halogens is 3. The number of carbonyl (C=O) groups excluding carboxylic acids is 2. The normalized spacial score (nSPS) is 11.5. The molecule has 4 rings (SSSR count). The molecule has 1 amide bonds. The Bertz CT molecular complexity index is 1580. The maximum atomic E-state index is 12.8. The van der Waals surface area contributed by atoms with Gasteiger partial charge in [-0.1, -0.05) is 24.3 Å². The number of fused-ring (bicyclic) bond motifs is 1. The molecule has 0 unspecified atom stereocenters. The number of carbonyl (C=O) groups is 2. The number of aromatic amines is 1. The minimum Gasteiger partial charge on any atom is -0.462 e. The molecule has 13 heteroatoms. The molecule has 2 heterocycles. The molecule has 0 saturated heterocycles. The van der Waals surface area contributed by atoms with Gasteiger partial charge in [-0.15, -0.1) is 11.3 Å².